The van der Waals surface area contributed by atoms with Gasteiger partial charge in [-0.1, -0.05) is 18.2 Å². The number of nitrogen functional groups attached to an aromatic ring is 1. The van der Waals surface area contributed by atoms with Crippen LogP contribution in [0.1, 0.15) is 28.8 Å². The average molecular weight is 424 g/mol. The van der Waals surface area contributed by atoms with Crippen LogP contribution in [-0.4, -0.2) is 27.6 Å². The average Bonchev–Trinajstić information content (AvgIpc) is 3.53. The predicted octanol–water partition coefficient (Wildman–Crippen LogP) is 3.94. The van der Waals surface area contributed by atoms with Crippen molar-refractivity contribution in [1.82, 2.24) is 14.6 Å². The van der Waals surface area contributed by atoms with E-state index in [4.69, 9.17) is 10.5 Å². The summed E-state index contributed by atoms with van der Waals surface area (Å²) in [6, 6.07) is 20.4. The summed E-state index contributed by atoms with van der Waals surface area (Å²) in [4.78, 5) is 18.8. The Morgan fingerprint density at radius 3 is 2.78 bits per heavy atom. The van der Waals surface area contributed by atoms with Crippen LogP contribution in [-0.2, 0) is 5.41 Å². The van der Waals surface area contributed by atoms with Crippen LogP contribution in [0, 0.1) is 11.3 Å². The molecule has 0 bridgehead atoms. The van der Waals surface area contributed by atoms with E-state index in [9.17, 15) is 10.1 Å². The fourth-order valence-electron chi connectivity index (χ4n) is 3.66. The number of carbonyl (C=O) groups is 1. The zero-order valence-electron chi connectivity index (χ0n) is 17.4. The topological polar surface area (TPSA) is 110 Å². The summed E-state index contributed by atoms with van der Waals surface area (Å²) in [5, 5.41) is 13.8. The number of nitrogens with two attached hydrogens (primary N) is 1. The van der Waals surface area contributed by atoms with Crippen molar-refractivity contribution in [2.24, 2.45) is 0 Å². The monoisotopic (exact) mass is 424 g/mol. The number of nitriles is 1. The Labute approximate surface area is 184 Å². The Morgan fingerprint density at radius 1 is 1.19 bits per heavy atom. The van der Waals surface area contributed by atoms with E-state index in [2.05, 4.69) is 16.2 Å². The fourth-order valence-corrected chi connectivity index (χ4v) is 3.66. The lowest BCUT2D eigenvalue weighted by Gasteiger charge is -2.19. The van der Waals surface area contributed by atoms with Gasteiger partial charge in [0.2, 0.25) is 5.88 Å². The molecule has 8 nitrogen and oxygen atoms in total. The molecule has 158 valence electrons. The molecule has 0 aliphatic heterocycles. The number of nitrogens with zero attached hydrogens (tertiary/aromatic N) is 5. The van der Waals surface area contributed by atoms with Gasteiger partial charge < -0.3 is 15.4 Å². The lowest BCUT2D eigenvalue weighted by molar-refractivity contribution is 0.0993. The van der Waals surface area contributed by atoms with Crippen LogP contribution < -0.4 is 15.4 Å². The van der Waals surface area contributed by atoms with Crippen LogP contribution in [0.3, 0.4) is 0 Å². The molecule has 0 unspecified atom stereocenters. The highest BCUT2D eigenvalue weighted by Gasteiger charge is 2.45. The van der Waals surface area contributed by atoms with Crippen LogP contribution in [0.5, 0.6) is 11.6 Å². The smallest absolute Gasteiger partial charge is 0.258 e. The Kier molecular flexibility index (Phi) is 4.52. The molecule has 2 aromatic heterocycles. The molecule has 32 heavy (non-hydrogen) atoms. The molecular formula is C24H20N6O2. The first-order chi connectivity index (χ1) is 15.5. The van der Waals surface area contributed by atoms with Crippen molar-refractivity contribution in [2.75, 3.05) is 17.7 Å². The lowest BCUT2D eigenvalue weighted by Crippen LogP contribution is -2.26. The maximum atomic E-state index is 13.1. The third kappa shape index (κ3) is 3.50. The second kappa shape index (κ2) is 7.39. The number of amides is 1. The minimum atomic E-state index is -0.434. The van der Waals surface area contributed by atoms with Crippen molar-refractivity contribution in [2.45, 2.75) is 18.3 Å². The molecule has 2 aromatic carbocycles. The Bertz CT molecular complexity index is 1380. The van der Waals surface area contributed by atoms with E-state index in [1.54, 1.807) is 53.0 Å². The van der Waals surface area contributed by atoms with Gasteiger partial charge in [-0.15, -0.1) is 5.10 Å². The molecule has 1 saturated carbocycles. The Balaban J connectivity index is 1.37. The zero-order valence-corrected chi connectivity index (χ0v) is 17.4. The molecule has 1 aliphatic carbocycles. The number of rotatable bonds is 5. The summed E-state index contributed by atoms with van der Waals surface area (Å²) < 4.78 is 7.43. The van der Waals surface area contributed by atoms with Crippen molar-refractivity contribution in [1.29, 1.82) is 5.26 Å². The van der Waals surface area contributed by atoms with Crippen molar-refractivity contribution < 1.29 is 9.53 Å². The highest BCUT2D eigenvalue weighted by atomic mass is 16.5. The molecule has 0 spiro atoms. The quantitative estimate of drug-likeness (QED) is 0.520. The first-order valence-corrected chi connectivity index (χ1v) is 10.2. The second-order valence-electron chi connectivity index (χ2n) is 7.88. The molecule has 2 heterocycles. The molecular weight excluding hydrogens is 404 g/mol. The van der Waals surface area contributed by atoms with E-state index in [-0.39, 0.29) is 5.91 Å². The van der Waals surface area contributed by atoms with Gasteiger partial charge in [-0.3, -0.25) is 4.79 Å². The largest absolute Gasteiger partial charge is 0.438 e. The van der Waals surface area contributed by atoms with Crippen LogP contribution in [0.15, 0.2) is 66.9 Å². The normalized spacial score (nSPS) is 14.0. The number of hydrogen-bond donors (Lipinski definition) is 1. The van der Waals surface area contributed by atoms with E-state index < -0.39 is 5.41 Å². The highest BCUT2D eigenvalue weighted by molar-refractivity contribution is 6.06. The maximum Gasteiger partial charge on any atom is 0.258 e. The number of hydrogen-bond acceptors (Lipinski definition) is 6. The van der Waals surface area contributed by atoms with E-state index >= 15 is 0 Å². The van der Waals surface area contributed by atoms with E-state index in [0.29, 0.717) is 34.3 Å². The van der Waals surface area contributed by atoms with Gasteiger partial charge in [0.25, 0.3) is 5.91 Å². The van der Waals surface area contributed by atoms with E-state index in [0.717, 1.165) is 18.4 Å². The summed E-state index contributed by atoms with van der Waals surface area (Å²) in [7, 11) is 1.71. The molecule has 4 aromatic rings. The Morgan fingerprint density at radius 2 is 2.00 bits per heavy atom. The molecule has 0 radical (unpaired) electrons. The number of aromatic nitrogens is 3. The van der Waals surface area contributed by atoms with Crippen molar-refractivity contribution >= 4 is 23.1 Å². The van der Waals surface area contributed by atoms with Gasteiger partial charge >= 0.3 is 0 Å². The van der Waals surface area contributed by atoms with Crippen molar-refractivity contribution in [3.05, 3.63) is 78.0 Å². The number of carbonyl (C=O) groups excluding carboxylic acids is 1. The fraction of sp³-hybridized carbons (Fsp3) is 0.167. The minimum absolute atomic E-state index is 0.161. The minimum Gasteiger partial charge on any atom is -0.438 e. The van der Waals surface area contributed by atoms with Gasteiger partial charge in [-0.2, -0.15) is 5.26 Å². The molecule has 2 N–H and O–H groups in total. The summed E-state index contributed by atoms with van der Waals surface area (Å²) in [5.41, 5.74) is 8.01. The van der Waals surface area contributed by atoms with Crippen LogP contribution in [0.4, 0.5) is 11.5 Å². The van der Waals surface area contributed by atoms with Gasteiger partial charge in [-0.05, 0) is 48.7 Å². The first-order valence-electron chi connectivity index (χ1n) is 10.2. The predicted molar refractivity (Wildman–Crippen MR) is 120 cm³/mol. The van der Waals surface area contributed by atoms with Gasteiger partial charge in [0.15, 0.2) is 5.65 Å². The molecule has 0 atom stereocenters. The van der Waals surface area contributed by atoms with Gasteiger partial charge in [0.05, 0.1) is 17.7 Å². The summed E-state index contributed by atoms with van der Waals surface area (Å²) in [5.74, 6) is 1.13. The SMILES string of the molecule is CN(C(=O)c1cccc(C2(C#N)CC2)c1)c1cccc(Oc2ccc3nc(N)cn3n2)c1. The summed E-state index contributed by atoms with van der Waals surface area (Å²) in [6.07, 6.45) is 3.28. The number of benzene rings is 2. The van der Waals surface area contributed by atoms with E-state index in [1.807, 2.05) is 30.3 Å². The molecule has 1 fully saturated rings. The lowest BCUT2D eigenvalue weighted by atomic mass is 9.95. The van der Waals surface area contributed by atoms with Gasteiger partial charge in [0, 0.05) is 30.4 Å². The molecule has 8 heteroatoms. The van der Waals surface area contributed by atoms with E-state index in [1.165, 1.54) is 0 Å². The second-order valence-corrected chi connectivity index (χ2v) is 7.88. The van der Waals surface area contributed by atoms with Crippen LogP contribution >= 0.6 is 0 Å². The molecule has 5 rings (SSSR count). The standard InChI is InChI=1S/C24H20N6O2/c1-29(23(31)16-4-2-5-17(12-16)24(15-25)10-11-24)18-6-3-7-19(13-18)32-22-9-8-21-27-20(26)14-30(21)28-22/h2-9,12-14H,10-11,26H2,1H3. The van der Waals surface area contributed by atoms with Crippen LogP contribution in [0.25, 0.3) is 5.65 Å². The first kappa shape index (κ1) is 19.6. The maximum absolute atomic E-state index is 13.1. The highest BCUT2D eigenvalue weighted by Crippen LogP contribution is 2.47. The number of fused-ring (bicyclic) bond motifs is 1. The molecule has 1 aliphatic rings. The molecule has 0 saturated heterocycles. The number of ether oxygens (including phenoxy) is 1. The van der Waals surface area contributed by atoms with Crippen molar-refractivity contribution in [3.63, 3.8) is 0 Å². The molecule has 1 amide bonds. The zero-order chi connectivity index (χ0) is 22.3. The van der Waals surface area contributed by atoms with Crippen LogP contribution in [0.2, 0.25) is 0 Å². The summed E-state index contributed by atoms with van der Waals surface area (Å²) in [6.45, 7) is 0. The number of imidazole rings is 1. The van der Waals surface area contributed by atoms with Gasteiger partial charge in [-0.25, -0.2) is 9.50 Å². The Hall–Kier alpha value is -4.38. The van der Waals surface area contributed by atoms with Gasteiger partial charge in [0.1, 0.15) is 11.6 Å². The third-order valence-electron chi connectivity index (χ3n) is 5.67. The van der Waals surface area contributed by atoms with Crippen molar-refractivity contribution in [3.8, 4) is 17.7 Å². The summed E-state index contributed by atoms with van der Waals surface area (Å²) >= 11 is 0. The number of anilines is 2. The third-order valence-corrected chi connectivity index (χ3v) is 5.67.